The first kappa shape index (κ1) is 13.4. The van der Waals surface area contributed by atoms with Crippen LogP contribution < -0.4 is 0 Å². The summed E-state index contributed by atoms with van der Waals surface area (Å²) in [6.45, 7) is 0. The Morgan fingerprint density at radius 1 is 1.33 bits per heavy atom. The fourth-order valence-corrected chi connectivity index (χ4v) is 2.07. The number of esters is 1. The lowest BCUT2D eigenvalue weighted by atomic mass is 10.0. The molecule has 1 aromatic rings. The second-order valence-corrected chi connectivity index (χ2v) is 4.97. The summed E-state index contributed by atoms with van der Waals surface area (Å²) in [4.78, 5) is 11.1. The van der Waals surface area contributed by atoms with Crippen LogP contribution in [0.4, 0.5) is 0 Å². The third-order valence-electron chi connectivity index (χ3n) is 2.64. The van der Waals surface area contributed by atoms with Crippen LogP contribution >= 0.6 is 23.2 Å². The van der Waals surface area contributed by atoms with Crippen molar-refractivity contribution in [3.05, 3.63) is 39.9 Å². The highest BCUT2D eigenvalue weighted by molar-refractivity contribution is 6.42. The summed E-state index contributed by atoms with van der Waals surface area (Å²) in [5, 5.41) is 10.4. The molecule has 0 amide bonds. The smallest absolute Gasteiger partial charge is 0.309 e. The zero-order valence-electron chi connectivity index (χ0n) is 9.48. The van der Waals surface area contributed by atoms with Gasteiger partial charge in [0, 0.05) is 6.42 Å². The topological polar surface area (TPSA) is 46.5 Å². The van der Waals surface area contributed by atoms with Crippen LogP contribution in [0.5, 0.6) is 0 Å². The number of aliphatic hydroxyl groups excluding tert-OH is 1. The van der Waals surface area contributed by atoms with Crippen LogP contribution in [-0.4, -0.2) is 23.3 Å². The monoisotopic (exact) mass is 286 g/mol. The van der Waals surface area contributed by atoms with Crippen LogP contribution in [0.3, 0.4) is 0 Å². The van der Waals surface area contributed by atoms with E-state index in [1.165, 1.54) is 0 Å². The summed E-state index contributed by atoms with van der Waals surface area (Å²) in [6, 6.07) is 5.23. The number of cyclic esters (lactones) is 1. The maximum Gasteiger partial charge on any atom is 0.309 e. The first-order valence-corrected chi connectivity index (χ1v) is 6.31. The Labute approximate surface area is 115 Å². The molecule has 5 heteroatoms. The lowest BCUT2D eigenvalue weighted by Gasteiger charge is -2.23. The predicted molar refractivity (Wildman–Crippen MR) is 70.6 cm³/mol. The van der Waals surface area contributed by atoms with E-state index in [9.17, 15) is 9.90 Å². The molecular weight excluding hydrogens is 275 g/mol. The van der Waals surface area contributed by atoms with Crippen LogP contribution in [0.25, 0.3) is 6.08 Å². The Morgan fingerprint density at radius 2 is 2.11 bits per heavy atom. The number of halogens is 2. The van der Waals surface area contributed by atoms with Gasteiger partial charge in [0.25, 0.3) is 0 Å². The summed E-state index contributed by atoms with van der Waals surface area (Å²) in [5.41, 5.74) is 0.862. The Balaban J connectivity index is 2.05. The van der Waals surface area contributed by atoms with E-state index in [4.69, 9.17) is 27.9 Å². The first-order chi connectivity index (χ1) is 8.54. The third-order valence-corrected chi connectivity index (χ3v) is 3.38. The minimum absolute atomic E-state index is 0.0666. The van der Waals surface area contributed by atoms with Crippen molar-refractivity contribution in [1.82, 2.24) is 0 Å². The van der Waals surface area contributed by atoms with Gasteiger partial charge in [0.05, 0.1) is 22.6 Å². The molecule has 2 unspecified atom stereocenters. The summed E-state index contributed by atoms with van der Waals surface area (Å²) in [5.74, 6) is -0.377. The van der Waals surface area contributed by atoms with Crippen molar-refractivity contribution in [2.75, 3.05) is 0 Å². The SMILES string of the molecule is O=C1CC(O)CC(C=Cc2ccc(Cl)c(Cl)c2)O1. The quantitative estimate of drug-likeness (QED) is 0.850. The van der Waals surface area contributed by atoms with Gasteiger partial charge in [0.1, 0.15) is 6.10 Å². The molecule has 1 heterocycles. The van der Waals surface area contributed by atoms with Gasteiger partial charge in [0.2, 0.25) is 0 Å². The minimum Gasteiger partial charge on any atom is -0.458 e. The van der Waals surface area contributed by atoms with E-state index < -0.39 is 12.2 Å². The summed E-state index contributed by atoms with van der Waals surface area (Å²) in [7, 11) is 0. The fourth-order valence-electron chi connectivity index (χ4n) is 1.76. The van der Waals surface area contributed by atoms with Crippen LogP contribution in [0.15, 0.2) is 24.3 Å². The van der Waals surface area contributed by atoms with Gasteiger partial charge in [0.15, 0.2) is 0 Å². The molecule has 18 heavy (non-hydrogen) atoms. The molecule has 2 atom stereocenters. The largest absolute Gasteiger partial charge is 0.458 e. The molecular formula is C13H12Cl2O3. The van der Waals surface area contributed by atoms with Crippen LogP contribution in [0, 0.1) is 0 Å². The van der Waals surface area contributed by atoms with E-state index in [1.54, 1.807) is 24.3 Å². The number of ether oxygens (including phenoxy) is 1. The lowest BCUT2D eigenvalue weighted by Crippen LogP contribution is -2.31. The Morgan fingerprint density at radius 3 is 2.78 bits per heavy atom. The lowest BCUT2D eigenvalue weighted by molar-refractivity contribution is -0.156. The summed E-state index contributed by atoms with van der Waals surface area (Å²) in [6.07, 6.45) is 2.99. The normalized spacial score (nSPS) is 24.3. The molecule has 96 valence electrons. The molecule has 0 saturated carbocycles. The highest BCUT2D eigenvalue weighted by Crippen LogP contribution is 2.24. The number of carbonyl (C=O) groups is 1. The predicted octanol–water partition coefficient (Wildman–Crippen LogP) is 3.07. The van der Waals surface area contributed by atoms with Crippen LogP contribution in [0.2, 0.25) is 10.0 Å². The fraction of sp³-hybridized carbons (Fsp3) is 0.308. The maximum atomic E-state index is 11.1. The van der Waals surface area contributed by atoms with Crippen molar-refractivity contribution in [1.29, 1.82) is 0 Å². The van der Waals surface area contributed by atoms with E-state index in [0.717, 1.165) is 5.56 Å². The van der Waals surface area contributed by atoms with Gasteiger partial charge in [-0.1, -0.05) is 35.3 Å². The molecule has 1 saturated heterocycles. The number of hydrogen-bond acceptors (Lipinski definition) is 3. The highest BCUT2D eigenvalue weighted by atomic mass is 35.5. The average molecular weight is 287 g/mol. The van der Waals surface area contributed by atoms with Gasteiger partial charge in [-0.25, -0.2) is 0 Å². The Hall–Kier alpha value is -1.03. The number of carbonyl (C=O) groups excluding carboxylic acids is 1. The summed E-state index contributed by atoms with van der Waals surface area (Å²) >= 11 is 11.7. The number of hydrogen-bond donors (Lipinski definition) is 1. The Bertz CT molecular complexity index is 485. The van der Waals surface area contributed by atoms with Crippen LogP contribution in [0.1, 0.15) is 18.4 Å². The molecule has 1 N–H and O–H groups in total. The van der Waals surface area contributed by atoms with Gasteiger partial charge in [-0.2, -0.15) is 0 Å². The van der Waals surface area contributed by atoms with Gasteiger partial charge in [-0.3, -0.25) is 4.79 Å². The molecule has 2 rings (SSSR count). The molecule has 0 aromatic heterocycles. The molecule has 3 nitrogen and oxygen atoms in total. The molecule has 1 aromatic carbocycles. The Kier molecular flexibility index (Phi) is 4.27. The van der Waals surface area contributed by atoms with E-state index in [1.807, 2.05) is 6.07 Å². The number of aliphatic hydroxyl groups is 1. The standard InChI is InChI=1S/C13H12Cl2O3/c14-11-4-2-8(5-12(11)15)1-3-10-6-9(16)7-13(17)18-10/h1-5,9-10,16H,6-7H2. The van der Waals surface area contributed by atoms with Crippen molar-refractivity contribution in [2.24, 2.45) is 0 Å². The van der Waals surface area contributed by atoms with E-state index in [-0.39, 0.29) is 12.4 Å². The number of benzene rings is 1. The van der Waals surface area contributed by atoms with Crippen molar-refractivity contribution >= 4 is 35.2 Å². The van der Waals surface area contributed by atoms with E-state index in [2.05, 4.69) is 0 Å². The molecule has 0 spiro atoms. The van der Waals surface area contributed by atoms with Crippen molar-refractivity contribution in [3.63, 3.8) is 0 Å². The second kappa shape index (κ2) is 5.74. The molecule has 1 aliphatic rings. The third kappa shape index (κ3) is 3.48. The molecule has 0 bridgehead atoms. The van der Waals surface area contributed by atoms with Crippen molar-refractivity contribution in [2.45, 2.75) is 25.0 Å². The molecule has 0 aliphatic carbocycles. The zero-order valence-corrected chi connectivity index (χ0v) is 11.0. The summed E-state index contributed by atoms with van der Waals surface area (Å²) < 4.78 is 5.09. The maximum absolute atomic E-state index is 11.1. The number of rotatable bonds is 2. The van der Waals surface area contributed by atoms with Gasteiger partial charge < -0.3 is 9.84 Å². The van der Waals surface area contributed by atoms with Crippen molar-refractivity contribution < 1.29 is 14.6 Å². The van der Waals surface area contributed by atoms with E-state index in [0.29, 0.717) is 16.5 Å². The zero-order chi connectivity index (χ0) is 13.1. The van der Waals surface area contributed by atoms with Gasteiger partial charge in [-0.15, -0.1) is 0 Å². The van der Waals surface area contributed by atoms with Crippen molar-refractivity contribution in [3.8, 4) is 0 Å². The van der Waals surface area contributed by atoms with E-state index >= 15 is 0 Å². The molecule has 1 fully saturated rings. The van der Waals surface area contributed by atoms with Gasteiger partial charge >= 0.3 is 5.97 Å². The highest BCUT2D eigenvalue weighted by Gasteiger charge is 2.25. The average Bonchev–Trinajstić information content (AvgIpc) is 2.29. The second-order valence-electron chi connectivity index (χ2n) is 4.15. The van der Waals surface area contributed by atoms with Gasteiger partial charge in [-0.05, 0) is 23.8 Å². The van der Waals surface area contributed by atoms with Crippen LogP contribution in [-0.2, 0) is 9.53 Å². The molecule has 0 radical (unpaired) electrons. The first-order valence-electron chi connectivity index (χ1n) is 5.55. The molecule has 1 aliphatic heterocycles. The minimum atomic E-state index is -0.630.